The third-order valence-electron chi connectivity index (χ3n) is 14.1. The van der Waals surface area contributed by atoms with Gasteiger partial charge in [-0.2, -0.15) is 0 Å². The summed E-state index contributed by atoms with van der Waals surface area (Å²) >= 11 is 0. The number of pyridine rings is 1. The van der Waals surface area contributed by atoms with Crippen molar-refractivity contribution in [2.24, 2.45) is 0 Å². The number of phenolic OH excluding ortho intramolecular Hbond substituents is 1. The largest absolute Gasteiger partial charge is 0.507 e. The van der Waals surface area contributed by atoms with Crippen LogP contribution in [0.4, 0.5) is 0 Å². The lowest BCUT2D eigenvalue weighted by molar-refractivity contribution is 0.448. The second-order valence-electron chi connectivity index (χ2n) is 22.1. The maximum absolute atomic E-state index is 12.3. The van der Waals surface area contributed by atoms with Crippen molar-refractivity contribution < 1.29 is 5.11 Å². The standard InChI is InChI=1S/C65H67N3O/c1-41(2)54-38-46(43-21-15-13-16-22-43)39-55(42(3)4)60(54)68-58-28-20-25-52(59(58)67-62(68)53-26-19-27-56(61(53)69)64(8,9)10)47-35-48(37-51(36-47)63(5,6)7)57-40-45(33-34-66-57)44-29-31-50(32-30-44)65(11,12)49-23-17-14-18-24-49/h13-42,69H,1-12H3. The topological polar surface area (TPSA) is 50.9 Å². The van der Waals surface area contributed by atoms with Crippen LogP contribution in [-0.2, 0) is 16.2 Å². The molecule has 2 aromatic heterocycles. The highest BCUT2D eigenvalue weighted by Gasteiger charge is 2.29. The number of imidazole rings is 1. The summed E-state index contributed by atoms with van der Waals surface area (Å²) in [5.41, 5.74) is 19.0. The highest BCUT2D eigenvalue weighted by atomic mass is 16.3. The Hall–Kier alpha value is -7.04. The second-order valence-corrected chi connectivity index (χ2v) is 22.1. The molecule has 348 valence electrons. The lowest BCUT2D eigenvalue weighted by Crippen LogP contribution is -2.18. The Bertz CT molecular complexity index is 3280. The molecule has 0 saturated heterocycles. The molecule has 9 rings (SSSR count). The molecule has 0 atom stereocenters. The fraction of sp³-hybridized carbons (Fsp3) is 0.262. The van der Waals surface area contributed by atoms with E-state index in [2.05, 4.69) is 239 Å². The molecule has 0 bridgehead atoms. The number of hydrogen-bond acceptors (Lipinski definition) is 3. The highest BCUT2D eigenvalue weighted by molar-refractivity contribution is 5.97. The van der Waals surface area contributed by atoms with Gasteiger partial charge >= 0.3 is 0 Å². The number of benzene rings is 7. The molecule has 0 saturated carbocycles. The first-order valence-electron chi connectivity index (χ1n) is 24.7. The summed E-state index contributed by atoms with van der Waals surface area (Å²) in [4.78, 5) is 10.7. The smallest absolute Gasteiger partial charge is 0.149 e. The van der Waals surface area contributed by atoms with Gasteiger partial charge in [-0.05, 0) is 132 Å². The van der Waals surface area contributed by atoms with Gasteiger partial charge in [0, 0.05) is 22.7 Å². The first-order valence-corrected chi connectivity index (χ1v) is 24.7. The monoisotopic (exact) mass is 906 g/mol. The van der Waals surface area contributed by atoms with Gasteiger partial charge in [0.1, 0.15) is 11.6 Å². The number of nitrogens with zero attached hydrogens (tertiary/aromatic N) is 3. The molecule has 0 amide bonds. The molecular formula is C65H67N3O. The third kappa shape index (κ3) is 9.06. The molecule has 0 spiro atoms. The van der Waals surface area contributed by atoms with Crippen molar-refractivity contribution >= 4 is 11.0 Å². The van der Waals surface area contributed by atoms with Crippen LogP contribution in [0.3, 0.4) is 0 Å². The Morgan fingerprint density at radius 1 is 0.464 bits per heavy atom. The van der Waals surface area contributed by atoms with Gasteiger partial charge in [-0.3, -0.25) is 9.55 Å². The summed E-state index contributed by atoms with van der Waals surface area (Å²) in [5, 5.41) is 12.3. The van der Waals surface area contributed by atoms with E-state index < -0.39 is 0 Å². The van der Waals surface area contributed by atoms with Crippen LogP contribution in [0.1, 0.15) is 128 Å². The number of fused-ring (bicyclic) bond motifs is 1. The van der Waals surface area contributed by atoms with Gasteiger partial charge in [0.25, 0.3) is 0 Å². The van der Waals surface area contributed by atoms with E-state index in [1.54, 1.807) is 0 Å². The maximum Gasteiger partial charge on any atom is 0.149 e. The van der Waals surface area contributed by atoms with Crippen LogP contribution in [0.2, 0.25) is 0 Å². The Labute approximate surface area is 410 Å². The van der Waals surface area contributed by atoms with Crippen LogP contribution in [0.15, 0.2) is 170 Å². The van der Waals surface area contributed by atoms with E-state index in [1.807, 2.05) is 18.3 Å². The van der Waals surface area contributed by atoms with Crippen LogP contribution in [-0.4, -0.2) is 19.6 Å². The second kappa shape index (κ2) is 18.1. The van der Waals surface area contributed by atoms with E-state index in [4.69, 9.17) is 9.97 Å². The zero-order valence-electron chi connectivity index (χ0n) is 42.6. The van der Waals surface area contributed by atoms with E-state index in [0.717, 1.165) is 61.6 Å². The summed E-state index contributed by atoms with van der Waals surface area (Å²) < 4.78 is 2.35. The number of rotatable bonds is 10. The van der Waals surface area contributed by atoms with Crippen molar-refractivity contribution in [1.29, 1.82) is 0 Å². The molecule has 0 fully saturated rings. The van der Waals surface area contributed by atoms with Gasteiger partial charge in [0.15, 0.2) is 0 Å². The Morgan fingerprint density at radius 2 is 1.04 bits per heavy atom. The number of aromatic nitrogens is 3. The minimum atomic E-state index is -0.288. The minimum absolute atomic E-state index is 0.121. The number of para-hydroxylation sites is 2. The molecule has 9 aromatic rings. The van der Waals surface area contributed by atoms with Gasteiger partial charge in [-0.1, -0.05) is 198 Å². The van der Waals surface area contributed by atoms with Gasteiger partial charge in [-0.25, -0.2) is 4.98 Å². The van der Waals surface area contributed by atoms with Crippen molar-refractivity contribution in [3.63, 3.8) is 0 Å². The lowest BCUT2D eigenvalue weighted by Gasteiger charge is -2.26. The van der Waals surface area contributed by atoms with Gasteiger partial charge in [0.05, 0.1) is 28.0 Å². The van der Waals surface area contributed by atoms with E-state index in [1.165, 1.54) is 38.9 Å². The molecule has 2 heterocycles. The van der Waals surface area contributed by atoms with E-state index in [9.17, 15) is 5.11 Å². The zero-order valence-corrected chi connectivity index (χ0v) is 42.6. The molecule has 0 radical (unpaired) electrons. The number of hydrogen-bond donors (Lipinski definition) is 1. The number of aromatic hydroxyl groups is 1. The van der Waals surface area contributed by atoms with Crippen molar-refractivity contribution in [3.05, 3.63) is 203 Å². The van der Waals surface area contributed by atoms with Crippen LogP contribution >= 0.6 is 0 Å². The molecular weight excluding hydrogens is 839 g/mol. The summed E-state index contributed by atoms with van der Waals surface area (Å²) in [6.45, 7) is 27.0. The summed E-state index contributed by atoms with van der Waals surface area (Å²) in [6, 6.07) is 59.1. The maximum atomic E-state index is 12.3. The van der Waals surface area contributed by atoms with Gasteiger partial charge in [-0.15, -0.1) is 0 Å². The van der Waals surface area contributed by atoms with E-state index >= 15 is 0 Å². The lowest BCUT2D eigenvalue weighted by atomic mass is 9.78. The summed E-state index contributed by atoms with van der Waals surface area (Å²) in [7, 11) is 0. The Balaban J connectivity index is 1.25. The van der Waals surface area contributed by atoms with Crippen LogP contribution in [0.25, 0.3) is 72.7 Å². The quantitative estimate of drug-likeness (QED) is 0.149. The highest BCUT2D eigenvalue weighted by Crippen LogP contribution is 2.46. The fourth-order valence-electron chi connectivity index (χ4n) is 9.92. The van der Waals surface area contributed by atoms with E-state index in [0.29, 0.717) is 5.56 Å². The fourth-order valence-corrected chi connectivity index (χ4v) is 9.92. The minimum Gasteiger partial charge on any atom is -0.507 e. The average Bonchev–Trinajstić information content (AvgIpc) is 3.72. The van der Waals surface area contributed by atoms with Crippen molar-refractivity contribution in [2.45, 2.75) is 111 Å². The molecule has 0 aliphatic carbocycles. The predicted molar refractivity (Wildman–Crippen MR) is 292 cm³/mol. The van der Waals surface area contributed by atoms with Crippen molar-refractivity contribution in [1.82, 2.24) is 14.5 Å². The predicted octanol–water partition coefficient (Wildman–Crippen LogP) is 17.6. The molecule has 0 aliphatic rings. The molecule has 4 heteroatoms. The first kappa shape index (κ1) is 47.0. The Kier molecular flexibility index (Phi) is 12.4. The molecule has 1 N–H and O–H groups in total. The SMILES string of the molecule is CC(C)c1cc(-c2ccccc2)cc(C(C)C)c1-n1c(-c2cccc(C(C)(C)C)c2O)nc2c(-c3cc(-c4cc(-c5ccc(C(C)(C)c6ccccc6)cc5)ccn4)cc(C(C)(C)C)c3)cccc21. The average molecular weight is 906 g/mol. The molecule has 69 heavy (non-hydrogen) atoms. The van der Waals surface area contributed by atoms with Crippen LogP contribution in [0.5, 0.6) is 5.75 Å². The van der Waals surface area contributed by atoms with Gasteiger partial charge in [0.2, 0.25) is 0 Å². The van der Waals surface area contributed by atoms with Crippen LogP contribution in [0, 0.1) is 0 Å². The van der Waals surface area contributed by atoms with Crippen molar-refractivity contribution in [2.75, 3.05) is 0 Å². The summed E-state index contributed by atoms with van der Waals surface area (Å²) in [6.07, 6.45) is 1.93. The zero-order chi connectivity index (χ0) is 49.0. The third-order valence-corrected chi connectivity index (χ3v) is 14.1. The Morgan fingerprint density at radius 3 is 1.67 bits per heavy atom. The van der Waals surface area contributed by atoms with Crippen molar-refractivity contribution in [3.8, 4) is 67.5 Å². The normalized spacial score (nSPS) is 12.4. The molecule has 0 unspecified atom stereocenters. The number of phenols is 1. The van der Waals surface area contributed by atoms with E-state index in [-0.39, 0.29) is 33.8 Å². The van der Waals surface area contributed by atoms with Gasteiger partial charge < -0.3 is 5.11 Å². The summed E-state index contributed by atoms with van der Waals surface area (Å²) in [5.74, 6) is 1.37. The molecule has 4 nitrogen and oxygen atoms in total. The molecule has 0 aliphatic heterocycles. The van der Waals surface area contributed by atoms with Crippen LogP contribution < -0.4 is 0 Å². The molecule has 7 aromatic carbocycles. The first-order chi connectivity index (χ1) is 32.8.